The summed E-state index contributed by atoms with van der Waals surface area (Å²) in [6.45, 7) is 0. The normalized spacial score (nSPS) is 21.1. The summed E-state index contributed by atoms with van der Waals surface area (Å²) in [5.74, 6) is 0. The largest absolute Gasteiger partial charge is 0.354 e. The topological polar surface area (TPSA) is 29.3 Å². The van der Waals surface area contributed by atoms with E-state index >= 15 is 0 Å². The number of fused-ring (bicyclic) bond motifs is 1. The highest BCUT2D eigenvalue weighted by Gasteiger charge is 2.17. The van der Waals surface area contributed by atoms with Gasteiger partial charge in [-0.25, -0.2) is 4.68 Å². The molecule has 0 radical (unpaired) electrons. The Kier molecular flexibility index (Phi) is 1.55. The van der Waals surface area contributed by atoms with Crippen LogP contribution in [0.25, 0.3) is 0 Å². The molecule has 0 aromatic carbocycles. The molecule has 11 heavy (non-hydrogen) atoms. The number of alkyl halides is 1. The quantitative estimate of drug-likeness (QED) is 0.490. The molecule has 1 aliphatic rings. The maximum atomic E-state index is 5.89. The lowest BCUT2D eigenvalue weighted by Gasteiger charge is -2.15. The second-order valence-electron chi connectivity index (χ2n) is 2.17. The van der Waals surface area contributed by atoms with Crippen LogP contribution in [0.3, 0.4) is 0 Å². The van der Waals surface area contributed by atoms with Crippen LogP contribution in [0.5, 0.6) is 0 Å². The number of rotatable bonds is 0. The first-order valence-corrected chi connectivity index (χ1v) is 3.90. The summed E-state index contributed by atoms with van der Waals surface area (Å²) in [6.07, 6.45) is 3.31. The van der Waals surface area contributed by atoms with Crippen LogP contribution in [-0.4, -0.2) is 11.0 Å². The number of nitrogens with zero attached hydrogens (tertiary/aromatic N) is 2. The van der Waals surface area contributed by atoms with Gasteiger partial charge in [0.05, 0.1) is 10.7 Å². The Morgan fingerprint density at radius 1 is 1.64 bits per heavy atom. The zero-order valence-corrected chi connectivity index (χ0v) is 6.97. The molecular formula is C6H5Cl2N3. The van der Waals surface area contributed by atoms with E-state index in [2.05, 4.69) is 10.4 Å². The predicted octanol–water partition coefficient (Wildman–Crippen LogP) is 1.77. The van der Waals surface area contributed by atoms with Crippen LogP contribution in [0.4, 0.5) is 0 Å². The fourth-order valence-corrected chi connectivity index (χ4v) is 1.57. The SMILES string of the molecule is Clc1ccn2c1C(Cl)NC=N2. The fourth-order valence-electron chi connectivity index (χ4n) is 0.989. The summed E-state index contributed by atoms with van der Waals surface area (Å²) >= 11 is 11.7. The van der Waals surface area contributed by atoms with Crippen LogP contribution in [-0.2, 0) is 0 Å². The van der Waals surface area contributed by atoms with Gasteiger partial charge in [-0.2, -0.15) is 5.10 Å². The number of hydrogen-bond acceptors (Lipinski definition) is 2. The first kappa shape index (κ1) is 7.00. The zero-order chi connectivity index (χ0) is 7.84. The Morgan fingerprint density at radius 3 is 3.18 bits per heavy atom. The van der Waals surface area contributed by atoms with Crippen molar-refractivity contribution in [1.29, 1.82) is 0 Å². The Hall–Kier alpha value is -0.670. The Morgan fingerprint density at radius 2 is 2.45 bits per heavy atom. The number of nitrogens with one attached hydrogen (secondary N) is 1. The smallest absolute Gasteiger partial charge is 0.146 e. The summed E-state index contributed by atoms with van der Waals surface area (Å²) in [7, 11) is 0. The van der Waals surface area contributed by atoms with Crippen LogP contribution in [0.15, 0.2) is 17.4 Å². The molecule has 1 aromatic rings. The molecule has 0 saturated heterocycles. The average Bonchev–Trinajstić information content (AvgIpc) is 2.34. The maximum absolute atomic E-state index is 5.89. The highest BCUT2D eigenvalue weighted by atomic mass is 35.5. The highest BCUT2D eigenvalue weighted by Crippen LogP contribution is 2.27. The van der Waals surface area contributed by atoms with Gasteiger partial charge in [-0.3, -0.25) is 0 Å². The second-order valence-corrected chi connectivity index (χ2v) is 3.01. The maximum Gasteiger partial charge on any atom is 0.146 e. The Labute approximate surface area is 73.6 Å². The van der Waals surface area contributed by atoms with Gasteiger partial charge >= 0.3 is 0 Å². The molecule has 1 unspecified atom stereocenters. The predicted molar refractivity (Wildman–Crippen MR) is 45.1 cm³/mol. The van der Waals surface area contributed by atoms with Crippen molar-refractivity contribution in [3.05, 3.63) is 23.0 Å². The van der Waals surface area contributed by atoms with Crippen molar-refractivity contribution in [3.63, 3.8) is 0 Å². The van der Waals surface area contributed by atoms with E-state index in [9.17, 15) is 0 Å². The lowest BCUT2D eigenvalue weighted by molar-refractivity contribution is 0.707. The highest BCUT2D eigenvalue weighted by molar-refractivity contribution is 6.32. The molecule has 0 bridgehead atoms. The molecule has 3 nitrogen and oxygen atoms in total. The molecule has 0 spiro atoms. The summed E-state index contributed by atoms with van der Waals surface area (Å²) in [4.78, 5) is 0. The van der Waals surface area contributed by atoms with E-state index < -0.39 is 0 Å². The molecule has 1 aliphatic heterocycles. The third-order valence-electron chi connectivity index (χ3n) is 1.50. The van der Waals surface area contributed by atoms with E-state index in [4.69, 9.17) is 23.2 Å². The molecule has 1 N–H and O–H groups in total. The fraction of sp³-hybridized carbons (Fsp3) is 0.167. The minimum absolute atomic E-state index is 0.282. The third kappa shape index (κ3) is 1.01. The molecular weight excluding hydrogens is 185 g/mol. The second kappa shape index (κ2) is 2.43. The third-order valence-corrected chi connectivity index (χ3v) is 2.15. The van der Waals surface area contributed by atoms with Crippen molar-refractivity contribution in [2.24, 2.45) is 5.10 Å². The lowest BCUT2D eigenvalue weighted by atomic mass is 10.4. The summed E-state index contributed by atoms with van der Waals surface area (Å²) in [6, 6.07) is 1.76. The average molecular weight is 190 g/mol. The van der Waals surface area contributed by atoms with Gasteiger partial charge in [0.2, 0.25) is 0 Å². The van der Waals surface area contributed by atoms with Crippen molar-refractivity contribution in [2.45, 2.75) is 5.50 Å². The summed E-state index contributed by atoms with van der Waals surface area (Å²) in [5.41, 5.74) is 0.505. The Bertz CT molecular complexity index is 305. The van der Waals surface area contributed by atoms with Crippen molar-refractivity contribution < 1.29 is 0 Å². The molecule has 1 aromatic heterocycles. The molecule has 0 aliphatic carbocycles. The number of halogens is 2. The van der Waals surface area contributed by atoms with Crippen LogP contribution < -0.4 is 5.32 Å². The van der Waals surface area contributed by atoms with Gasteiger partial charge in [0.15, 0.2) is 0 Å². The van der Waals surface area contributed by atoms with Crippen LogP contribution in [0, 0.1) is 0 Å². The minimum Gasteiger partial charge on any atom is -0.354 e. The molecule has 58 valence electrons. The molecule has 1 atom stereocenters. The van der Waals surface area contributed by atoms with Crippen LogP contribution in [0.2, 0.25) is 5.02 Å². The van der Waals surface area contributed by atoms with Gasteiger partial charge in [0.1, 0.15) is 11.8 Å². The zero-order valence-electron chi connectivity index (χ0n) is 5.46. The Balaban J connectivity index is 2.58. The number of aromatic nitrogens is 1. The van der Waals surface area contributed by atoms with E-state index in [1.807, 2.05) is 0 Å². The van der Waals surface area contributed by atoms with E-state index in [-0.39, 0.29) is 5.50 Å². The van der Waals surface area contributed by atoms with Gasteiger partial charge < -0.3 is 5.32 Å². The summed E-state index contributed by atoms with van der Waals surface area (Å²) < 4.78 is 1.65. The first-order chi connectivity index (χ1) is 5.29. The van der Waals surface area contributed by atoms with Crippen molar-refractivity contribution in [3.8, 4) is 0 Å². The van der Waals surface area contributed by atoms with Gasteiger partial charge in [0.25, 0.3) is 0 Å². The van der Waals surface area contributed by atoms with Crippen LogP contribution >= 0.6 is 23.2 Å². The summed E-state index contributed by atoms with van der Waals surface area (Å²) in [5, 5.41) is 7.44. The van der Waals surface area contributed by atoms with E-state index in [0.29, 0.717) is 5.02 Å². The lowest BCUT2D eigenvalue weighted by Crippen LogP contribution is -2.22. The molecule has 0 amide bonds. The van der Waals surface area contributed by atoms with Crippen molar-refractivity contribution >= 4 is 29.5 Å². The van der Waals surface area contributed by atoms with E-state index in [1.54, 1.807) is 23.3 Å². The molecule has 0 saturated carbocycles. The molecule has 2 heterocycles. The molecule has 2 rings (SSSR count). The van der Waals surface area contributed by atoms with Crippen molar-refractivity contribution in [1.82, 2.24) is 9.99 Å². The molecule has 5 heteroatoms. The molecule has 0 fully saturated rings. The van der Waals surface area contributed by atoms with Crippen LogP contribution in [0.1, 0.15) is 11.2 Å². The number of hydrogen-bond donors (Lipinski definition) is 1. The monoisotopic (exact) mass is 189 g/mol. The van der Waals surface area contributed by atoms with Gasteiger partial charge in [-0.1, -0.05) is 23.2 Å². The van der Waals surface area contributed by atoms with E-state index in [1.165, 1.54) is 0 Å². The van der Waals surface area contributed by atoms with E-state index in [0.717, 1.165) is 5.69 Å². The minimum atomic E-state index is -0.282. The first-order valence-electron chi connectivity index (χ1n) is 3.09. The van der Waals surface area contributed by atoms with Gasteiger partial charge in [-0.05, 0) is 6.07 Å². The van der Waals surface area contributed by atoms with Crippen molar-refractivity contribution in [2.75, 3.05) is 0 Å². The van der Waals surface area contributed by atoms with Gasteiger partial charge in [-0.15, -0.1) is 0 Å². The standard InChI is InChI=1S/C6H5Cl2N3/c7-4-1-2-11-5(4)6(8)9-3-10-11/h1-3,6H,(H,9,10). The van der Waals surface area contributed by atoms with Gasteiger partial charge in [0, 0.05) is 6.20 Å².